The fourth-order valence-corrected chi connectivity index (χ4v) is 10.8. The summed E-state index contributed by atoms with van der Waals surface area (Å²) in [6.07, 6.45) is 46.8. The topological polar surface area (TPSA) is 214 Å². The molecular formula is C66H124O14. The zero-order valence-electron chi connectivity index (χ0n) is 51.1. The zero-order valence-corrected chi connectivity index (χ0v) is 51.1. The molecule has 0 aromatic carbocycles. The van der Waals surface area contributed by atoms with Gasteiger partial charge in [0.15, 0.2) is 12.6 Å². The van der Waals surface area contributed by atoms with Gasteiger partial charge in [0.05, 0.1) is 26.4 Å². The van der Waals surface area contributed by atoms with Crippen molar-refractivity contribution in [1.29, 1.82) is 0 Å². The van der Waals surface area contributed by atoms with E-state index in [-0.39, 0.29) is 25.6 Å². The number of rotatable bonds is 56. The van der Waals surface area contributed by atoms with E-state index < -0.39 is 80.7 Å². The summed E-state index contributed by atoms with van der Waals surface area (Å²) in [4.78, 5) is 13.1. The molecule has 0 bridgehead atoms. The Hall–Kier alpha value is -1.53. The lowest BCUT2D eigenvalue weighted by Gasteiger charge is -2.42. The summed E-state index contributed by atoms with van der Waals surface area (Å²) >= 11 is 0. The van der Waals surface area contributed by atoms with Crippen molar-refractivity contribution in [1.82, 2.24) is 0 Å². The van der Waals surface area contributed by atoms with Gasteiger partial charge in [0.25, 0.3) is 0 Å². The summed E-state index contributed by atoms with van der Waals surface area (Å²) in [7, 11) is 0. The molecule has 2 fully saturated rings. The molecule has 2 rings (SSSR count). The van der Waals surface area contributed by atoms with Gasteiger partial charge in [-0.25, -0.2) is 0 Å². The lowest BCUT2D eigenvalue weighted by molar-refractivity contribution is -0.332. The number of aliphatic hydroxyl groups excluding tert-OH is 7. The highest BCUT2D eigenvalue weighted by atomic mass is 16.7. The average Bonchev–Trinajstić information content (AvgIpc) is 3.52. The summed E-state index contributed by atoms with van der Waals surface area (Å²) in [6.45, 7) is 3.74. The molecule has 0 aromatic rings. The Balaban J connectivity index is 1.65. The van der Waals surface area contributed by atoms with Gasteiger partial charge in [-0.2, -0.15) is 0 Å². The van der Waals surface area contributed by atoms with Gasteiger partial charge in [0.1, 0.15) is 54.9 Å². The number of hydrogen-bond acceptors (Lipinski definition) is 14. The minimum atomic E-state index is -1.71. The van der Waals surface area contributed by atoms with Gasteiger partial charge in [0, 0.05) is 13.0 Å². The molecule has 11 atom stereocenters. The highest BCUT2D eigenvalue weighted by molar-refractivity contribution is 5.69. The molecule has 0 radical (unpaired) electrons. The van der Waals surface area contributed by atoms with Gasteiger partial charge in [-0.1, -0.05) is 263 Å². The Morgan fingerprint density at radius 1 is 0.412 bits per heavy atom. The maximum Gasteiger partial charge on any atom is 0.306 e. The second-order valence-corrected chi connectivity index (χ2v) is 23.7. The van der Waals surface area contributed by atoms with Crippen LogP contribution in [0.25, 0.3) is 0 Å². The van der Waals surface area contributed by atoms with Crippen LogP contribution in [0, 0.1) is 0 Å². The molecule has 14 nitrogen and oxygen atoms in total. The molecule has 0 amide bonds. The van der Waals surface area contributed by atoms with Gasteiger partial charge in [-0.05, 0) is 44.9 Å². The third-order valence-electron chi connectivity index (χ3n) is 16.2. The second kappa shape index (κ2) is 53.0. The molecule has 80 heavy (non-hydrogen) atoms. The number of ether oxygens (including phenoxy) is 6. The second-order valence-electron chi connectivity index (χ2n) is 23.7. The number of allylic oxidation sites excluding steroid dienone is 4. The van der Waals surface area contributed by atoms with Gasteiger partial charge in [-0.15, -0.1) is 0 Å². The highest BCUT2D eigenvalue weighted by Crippen LogP contribution is 2.27. The quantitative estimate of drug-likeness (QED) is 0.0171. The summed E-state index contributed by atoms with van der Waals surface area (Å²) in [5, 5.41) is 72.5. The normalized spacial score (nSPS) is 23.9. The summed E-state index contributed by atoms with van der Waals surface area (Å²) in [5.41, 5.74) is 0. The monoisotopic (exact) mass is 1140 g/mol. The molecule has 2 aliphatic rings. The smallest absolute Gasteiger partial charge is 0.306 e. The third kappa shape index (κ3) is 38.4. The standard InChI is InChI=1S/C66H124O14/c1-3-5-7-9-11-13-15-17-19-21-23-25-27-28-29-31-33-35-37-39-41-43-45-47-49-58(68)78-55(52-75-50-48-46-44-42-40-38-36-34-32-30-26-24-22-20-18-16-14-12-10-8-6-4-2)53-76-65-64(74)62(72)60(70)57(80-65)54-77-66-63(73)61(71)59(69)56(51-67)79-66/h16,18,22,24,55-57,59-67,69-74H,3-15,17,19-21,23,25-54H2,1-2H3/b18-16-,24-22-. The Morgan fingerprint density at radius 2 is 0.775 bits per heavy atom. The Morgan fingerprint density at radius 3 is 1.20 bits per heavy atom. The van der Waals surface area contributed by atoms with Crippen LogP contribution in [0.3, 0.4) is 0 Å². The van der Waals surface area contributed by atoms with E-state index in [1.165, 1.54) is 218 Å². The molecule has 11 unspecified atom stereocenters. The first-order chi connectivity index (χ1) is 39.1. The van der Waals surface area contributed by atoms with Crippen LogP contribution in [-0.4, -0.2) is 142 Å². The number of aliphatic hydroxyl groups is 7. The van der Waals surface area contributed by atoms with Crippen molar-refractivity contribution in [3.05, 3.63) is 24.3 Å². The fourth-order valence-electron chi connectivity index (χ4n) is 10.8. The van der Waals surface area contributed by atoms with Gasteiger partial charge in [-0.3, -0.25) is 4.79 Å². The van der Waals surface area contributed by atoms with Crippen LogP contribution in [0.5, 0.6) is 0 Å². The Labute approximate surface area is 487 Å². The average molecular weight is 1140 g/mol. The van der Waals surface area contributed by atoms with Crippen LogP contribution in [-0.2, 0) is 33.2 Å². The van der Waals surface area contributed by atoms with Crippen molar-refractivity contribution in [3.8, 4) is 0 Å². The van der Waals surface area contributed by atoms with Crippen LogP contribution in [0.15, 0.2) is 24.3 Å². The first kappa shape index (κ1) is 74.6. The van der Waals surface area contributed by atoms with Crippen LogP contribution in [0.1, 0.15) is 290 Å². The maximum absolute atomic E-state index is 13.1. The van der Waals surface area contributed by atoms with E-state index >= 15 is 0 Å². The first-order valence-corrected chi connectivity index (χ1v) is 33.4. The van der Waals surface area contributed by atoms with E-state index in [1.54, 1.807) is 0 Å². The molecule has 0 saturated carbocycles. The zero-order chi connectivity index (χ0) is 57.9. The van der Waals surface area contributed by atoms with Crippen molar-refractivity contribution < 1.29 is 69.0 Å². The maximum atomic E-state index is 13.1. The van der Waals surface area contributed by atoms with Crippen molar-refractivity contribution in [2.75, 3.05) is 33.0 Å². The molecular weight excluding hydrogens is 1020 g/mol. The number of esters is 1. The minimum absolute atomic E-state index is 0.0644. The third-order valence-corrected chi connectivity index (χ3v) is 16.2. The summed E-state index contributed by atoms with van der Waals surface area (Å²) in [5.74, 6) is -0.369. The molecule has 2 heterocycles. The van der Waals surface area contributed by atoms with Crippen LogP contribution < -0.4 is 0 Å². The van der Waals surface area contributed by atoms with Crippen LogP contribution >= 0.6 is 0 Å². The molecule has 472 valence electrons. The first-order valence-electron chi connectivity index (χ1n) is 33.4. The minimum Gasteiger partial charge on any atom is -0.457 e. The summed E-state index contributed by atoms with van der Waals surface area (Å²) < 4.78 is 34.5. The number of carbonyl (C=O) groups is 1. The Kier molecular flexibility index (Phi) is 49.4. The van der Waals surface area contributed by atoms with Crippen molar-refractivity contribution in [3.63, 3.8) is 0 Å². The van der Waals surface area contributed by atoms with Gasteiger partial charge >= 0.3 is 5.97 Å². The van der Waals surface area contributed by atoms with E-state index in [4.69, 9.17) is 28.4 Å². The SMILES string of the molecule is CCCCCCC/C=C\C/C=C\CCCCCCCCCCCCOCC(COC1OC(COC2OC(CO)C(O)C(O)C2O)C(O)C(O)C1O)OC(=O)CCCCCCCCCCCCCCCCCCCCCCCCCC. The van der Waals surface area contributed by atoms with Crippen molar-refractivity contribution in [2.24, 2.45) is 0 Å². The molecule has 2 aliphatic heterocycles. The van der Waals surface area contributed by atoms with Gasteiger partial charge in [0.2, 0.25) is 0 Å². The fraction of sp³-hybridized carbons (Fsp3) is 0.924. The van der Waals surface area contributed by atoms with E-state index in [0.29, 0.717) is 13.0 Å². The highest BCUT2D eigenvalue weighted by Gasteiger charge is 2.47. The van der Waals surface area contributed by atoms with Crippen molar-refractivity contribution >= 4 is 5.97 Å². The van der Waals surface area contributed by atoms with Crippen molar-refractivity contribution in [2.45, 2.75) is 357 Å². The van der Waals surface area contributed by atoms with E-state index in [2.05, 4.69) is 38.2 Å². The molecule has 0 aromatic heterocycles. The van der Waals surface area contributed by atoms with Crippen LogP contribution in [0.2, 0.25) is 0 Å². The lowest BCUT2D eigenvalue weighted by atomic mass is 9.98. The number of hydrogen-bond donors (Lipinski definition) is 7. The molecule has 14 heteroatoms. The number of carbonyl (C=O) groups excluding carboxylic acids is 1. The molecule has 0 spiro atoms. The molecule has 2 saturated heterocycles. The van der Waals surface area contributed by atoms with E-state index in [1.807, 2.05) is 0 Å². The Bertz CT molecular complexity index is 1420. The van der Waals surface area contributed by atoms with Crippen LogP contribution in [0.4, 0.5) is 0 Å². The lowest BCUT2D eigenvalue weighted by Crippen LogP contribution is -2.61. The predicted octanol–water partition coefficient (Wildman–Crippen LogP) is 13.5. The summed E-state index contributed by atoms with van der Waals surface area (Å²) in [6, 6.07) is 0. The van der Waals surface area contributed by atoms with E-state index in [9.17, 15) is 40.5 Å². The van der Waals surface area contributed by atoms with E-state index in [0.717, 1.165) is 44.9 Å². The largest absolute Gasteiger partial charge is 0.457 e. The molecule has 7 N–H and O–H groups in total. The van der Waals surface area contributed by atoms with Gasteiger partial charge < -0.3 is 64.2 Å². The number of unbranched alkanes of at least 4 members (excludes halogenated alkanes) is 38. The predicted molar refractivity (Wildman–Crippen MR) is 321 cm³/mol. The molecule has 0 aliphatic carbocycles.